The molecule has 0 fully saturated rings. The number of ether oxygens (including phenoxy) is 1. The summed E-state index contributed by atoms with van der Waals surface area (Å²) in [6.07, 6.45) is 1.52. The van der Waals surface area contributed by atoms with Gasteiger partial charge in [-0.3, -0.25) is 4.79 Å². The summed E-state index contributed by atoms with van der Waals surface area (Å²) < 4.78 is 5.05. The Morgan fingerprint density at radius 2 is 2.05 bits per heavy atom. The van der Waals surface area contributed by atoms with Crippen LogP contribution >= 0.6 is 0 Å². The third-order valence-corrected chi connectivity index (χ3v) is 2.70. The van der Waals surface area contributed by atoms with Crippen LogP contribution in [-0.2, 0) is 0 Å². The van der Waals surface area contributed by atoms with E-state index in [2.05, 4.69) is 4.98 Å². The van der Waals surface area contributed by atoms with Crippen LogP contribution in [-0.4, -0.2) is 18.0 Å². The molecule has 5 nitrogen and oxygen atoms in total. The fourth-order valence-electron chi connectivity index (χ4n) is 1.86. The maximum atomic E-state index is 11.4. The largest absolute Gasteiger partial charge is 0.480 e. The Kier molecular flexibility index (Phi) is 3.44. The minimum absolute atomic E-state index is 0.222. The molecule has 94 valence electrons. The SMILES string of the molecule is COc1nccc(-c2ccccc2C(N)=O)c1C#N. The lowest BCUT2D eigenvalue weighted by Gasteiger charge is -2.10. The first kappa shape index (κ1) is 12.6. The summed E-state index contributed by atoms with van der Waals surface area (Å²) in [4.78, 5) is 15.4. The fourth-order valence-corrected chi connectivity index (χ4v) is 1.86. The van der Waals surface area contributed by atoms with Gasteiger partial charge in [0.15, 0.2) is 0 Å². The number of pyridine rings is 1. The van der Waals surface area contributed by atoms with Crippen molar-refractivity contribution in [3.05, 3.63) is 47.7 Å². The van der Waals surface area contributed by atoms with Crippen molar-refractivity contribution in [1.29, 1.82) is 5.26 Å². The van der Waals surface area contributed by atoms with Crippen LogP contribution in [0, 0.1) is 11.3 Å². The van der Waals surface area contributed by atoms with Crippen LogP contribution in [0.5, 0.6) is 5.88 Å². The molecule has 0 bridgehead atoms. The molecule has 2 rings (SSSR count). The number of nitriles is 1. The van der Waals surface area contributed by atoms with Gasteiger partial charge in [0, 0.05) is 17.3 Å². The van der Waals surface area contributed by atoms with Gasteiger partial charge < -0.3 is 10.5 Å². The number of hydrogen-bond donors (Lipinski definition) is 1. The molecule has 0 atom stereocenters. The Hall–Kier alpha value is -2.87. The molecule has 0 aliphatic heterocycles. The number of nitrogens with two attached hydrogens (primary N) is 1. The summed E-state index contributed by atoms with van der Waals surface area (Å²) in [6.45, 7) is 0. The molecule has 1 heterocycles. The first-order valence-electron chi connectivity index (χ1n) is 5.51. The number of nitrogens with zero attached hydrogens (tertiary/aromatic N) is 2. The number of primary amides is 1. The predicted octanol–water partition coefficient (Wildman–Crippen LogP) is 1.73. The first-order valence-corrected chi connectivity index (χ1v) is 5.51. The quantitative estimate of drug-likeness (QED) is 0.902. The van der Waals surface area contributed by atoms with Crippen LogP contribution in [0.3, 0.4) is 0 Å². The number of benzene rings is 1. The molecular weight excluding hydrogens is 242 g/mol. The zero-order chi connectivity index (χ0) is 13.8. The maximum Gasteiger partial charge on any atom is 0.249 e. The molecule has 1 amide bonds. The third kappa shape index (κ3) is 2.24. The molecule has 0 aliphatic carbocycles. The number of carbonyl (C=O) groups excluding carboxylic acids is 1. The lowest BCUT2D eigenvalue weighted by Crippen LogP contribution is -2.12. The van der Waals surface area contributed by atoms with Crippen molar-refractivity contribution in [2.45, 2.75) is 0 Å². The fraction of sp³-hybridized carbons (Fsp3) is 0.0714. The van der Waals surface area contributed by atoms with Crippen molar-refractivity contribution in [3.8, 4) is 23.1 Å². The molecule has 19 heavy (non-hydrogen) atoms. The highest BCUT2D eigenvalue weighted by atomic mass is 16.5. The molecule has 1 aromatic heterocycles. The number of methoxy groups -OCH3 is 1. The highest BCUT2D eigenvalue weighted by molar-refractivity contribution is 6.00. The third-order valence-electron chi connectivity index (χ3n) is 2.70. The van der Waals surface area contributed by atoms with Gasteiger partial charge in [0.2, 0.25) is 11.8 Å². The van der Waals surface area contributed by atoms with Crippen molar-refractivity contribution in [2.24, 2.45) is 5.73 Å². The highest BCUT2D eigenvalue weighted by Gasteiger charge is 2.16. The van der Waals surface area contributed by atoms with Gasteiger partial charge in [-0.1, -0.05) is 18.2 Å². The summed E-state index contributed by atoms with van der Waals surface area (Å²) in [7, 11) is 1.44. The molecule has 0 unspecified atom stereocenters. The monoisotopic (exact) mass is 253 g/mol. The van der Waals surface area contributed by atoms with Gasteiger partial charge in [-0.25, -0.2) is 4.98 Å². The molecule has 0 radical (unpaired) electrons. The van der Waals surface area contributed by atoms with Crippen molar-refractivity contribution >= 4 is 5.91 Å². The van der Waals surface area contributed by atoms with E-state index in [0.29, 0.717) is 16.7 Å². The molecule has 0 aliphatic rings. The molecule has 2 N–H and O–H groups in total. The smallest absolute Gasteiger partial charge is 0.249 e. The van der Waals surface area contributed by atoms with Gasteiger partial charge in [0.1, 0.15) is 11.6 Å². The van der Waals surface area contributed by atoms with Crippen LogP contribution in [0.25, 0.3) is 11.1 Å². The molecule has 0 saturated carbocycles. The van der Waals surface area contributed by atoms with Crippen molar-refractivity contribution < 1.29 is 9.53 Å². The number of aromatic nitrogens is 1. The zero-order valence-electron chi connectivity index (χ0n) is 10.3. The average Bonchev–Trinajstić information content (AvgIpc) is 2.46. The van der Waals surface area contributed by atoms with Crippen LogP contribution in [0.1, 0.15) is 15.9 Å². The van der Waals surface area contributed by atoms with Crippen LogP contribution in [0.2, 0.25) is 0 Å². The van der Waals surface area contributed by atoms with Gasteiger partial charge in [-0.15, -0.1) is 0 Å². The van der Waals surface area contributed by atoms with Gasteiger partial charge in [0.25, 0.3) is 0 Å². The number of hydrogen-bond acceptors (Lipinski definition) is 4. The Labute approximate surface area is 110 Å². The summed E-state index contributed by atoms with van der Waals surface area (Å²) in [5.41, 5.74) is 7.14. The molecule has 2 aromatic rings. The average molecular weight is 253 g/mol. The molecule has 0 spiro atoms. The molecule has 1 aromatic carbocycles. The normalized spacial score (nSPS) is 9.68. The topological polar surface area (TPSA) is 89.0 Å². The summed E-state index contributed by atoms with van der Waals surface area (Å²) >= 11 is 0. The summed E-state index contributed by atoms with van der Waals surface area (Å²) in [5, 5.41) is 9.24. The van der Waals surface area contributed by atoms with E-state index in [-0.39, 0.29) is 11.4 Å². The van der Waals surface area contributed by atoms with Crippen molar-refractivity contribution in [1.82, 2.24) is 4.98 Å². The standard InChI is InChI=1S/C14H11N3O2/c1-19-14-12(8-15)10(6-7-17-14)9-4-2-3-5-11(9)13(16)18/h2-7H,1H3,(H2,16,18). The van der Waals surface area contributed by atoms with Gasteiger partial charge in [-0.2, -0.15) is 5.26 Å². The second-order valence-corrected chi connectivity index (χ2v) is 3.76. The summed E-state index contributed by atoms with van der Waals surface area (Å²) in [5.74, 6) is -0.324. The van der Waals surface area contributed by atoms with Crippen molar-refractivity contribution in [2.75, 3.05) is 7.11 Å². The van der Waals surface area contributed by atoms with E-state index in [1.165, 1.54) is 13.3 Å². The minimum Gasteiger partial charge on any atom is -0.480 e. The van der Waals surface area contributed by atoms with E-state index in [1.807, 2.05) is 6.07 Å². The molecule has 0 saturated heterocycles. The van der Waals surface area contributed by atoms with E-state index in [9.17, 15) is 10.1 Å². The lowest BCUT2D eigenvalue weighted by molar-refractivity contribution is 0.100. The molecule has 5 heteroatoms. The van der Waals surface area contributed by atoms with Gasteiger partial charge in [-0.05, 0) is 17.7 Å². The van der Waals surface area contributed by atoms with Gasteiger partial charge in [0.05, 0.1) is 7.11 Å². The molecular formula is C14H11N3O2. The minimum atomic E-state index is -0.546. The number of rotatable bonds is 3. The highest BCUT2D eigenvalue weighted by Crippen LogP contribution is 2.30. The Balaban J connectivity index is 2.73. The van der Waals surface area contributed by atoms with E-state index < -0.39 is 5.91 Å². The zero-order valence-corrected chi connectivity index (χ0v) is 10.3. The van der Waals surface area contributed by atoms with Crippen LogP contribution in [0.15, 0.2) is 36.5 Å². The van der Waals surface area contributed by atoms with E-state index in [4.69, 9.17) is 10.5 Å². The Morgan fingerprint density at radius 1 is 1.32 bits per heavy atom. The van der Waals surface area contributed by atoms with E-state index in [1.54, 1.807) is 30.3 Å². The Bertz CT molecular complexity index is 675. The van der Waals surface area contributed by atoms with Crippen LogP contribution in [0.4, 0.5) is 0 Å². The second kappa shape index (κ2) is 5.19. The van der Waals surface area contributed by atoms with E-state index >= 15 is 0 Å². The summed E-state index contributed by atoms with van der Waals surface area (Å²) in [6, 6.07) is 10.5. The predicted molar refractivity (Wildman–Crippen MR) is 69.5 cm³/mol. The van der Waals surface area contributed by atoms with Crippen LogP contribution < -0.4 is 10.5 Å². The van der Waals surface area contributed by atoms with Gasteiger partial charge >= 0.3 is 0 Å². The maximum absolute atomic E-state index is 11.4. The van der Waals surface area contributed by atoms with Crippen molar-refractivity contribution in [3.63, 3.8) is 0 Å². The first-order chi connectivity index (χ1) is 9.19. The lowest BCUT2D eigenvalue weighted by atomic mass is 9.96. The Morgan fingerprint density at radius 3 is 2.68 bits per heavy atom. The second-order valence-electron chi connectivity index (χ2n) is 3.76. The number of carbonyl (C=O) groups is 1. The van der Waals surface area contributed by atoms with E-state index in [0.717, 1.165) is 0 Å². The number of amides is 1.